The van der Waals surface area contributed by atoms with Crippen LogP contribution in [0, 0.1) is 0 Å². The molecule has 4 rings (SSSR count). The lowest BCUT2D eigenvalue weighted by Crippen LogP contribution is -2.46. The number of ketones is 1. The van der Waals surface area contributed by atoms with Crippen molar-refractivity contribution in [2.75, 3.05) is 46.4 Å². The minimum atomic E-state index is -0.656. The van der Waals surface area contributed by atoms with Gasteiger partial charge in [0.1, 0.15) is 28.9 Å². The van der Waals surface area contributed by atoms with Crippen LogP contribution in [0.1, 0.15) is 34.0 Å². The number of benzene rings is 2. The van der Waals surface area contributed by atoms with Crippen LogP contribution < -0.4 is 9.47 Å². The molecule has 172 valence electrons. The molecule has 0 amide bonds. The Balaban J connectivity index is 1.54. The van der Waals surface area contributed by atoms with Crippen molar-refractivity contribution >= 4 is 5.78 Å². The summed E-state index contributed by atoms with van der Waals surface area (Å²) in [5.41, 5.74) is 0.966. The molecule has 4 N–H and O–H groups in total. The van der Waals surface area contributed by atoms with E-state index in [1.165, 1.54) is 19.2 Å². The van der Waals surface area contributed by atoms with E-state index >= 15 is 0 Å². The number of aliphatic hydroxyl groups excluding tert-OH is 1. The van der Waals surface area contributed by atoms with Crippen molar-refractivity contribution in [1.29, 1.82) is 0 Å². The minimum Gasteiger partial charge on any atom is -0.507 e. The van der Waals surface area contributed by atoms with Crippen molar-refractivity contribution in [3.8, 4) is 28.7 Å². The molecule has 2 aliphatic rings. The third kappa shape index (κ3) is 4.32. The summed E-state index contributed by atoms with van der Waals surface area (Å²) in [6.45, 7) is 4.07. The fraction of sp³-hybridized carbons (Fsp3) is 0.435. The maximum Gasteiger partial charge on any atom is 0.174 e. The number of Topliss-reactive ketones (excluding diaryl/α,β-unsaturated/α-hetero) is 1. The largest absolute Gasteiger partial charge is 0.507 e. The van der Waals surface area contributed by atoms with E-state index in [1.54, 1.807) is 12.1 Å². The van der Waals surface area contributed by atoms with Crippen molar-refractivity contribution in [3.63, 3.8) is 0 Å². The van der Waals surface area contributed by atoms with Gasteiger partial charge in [-0.25, -0.2) is 0 Å². The van der Waals surface area contributed by atoms with Gasteiger partial charge in [0.05, 0.1) is 25.7 Å². The summed E-state index contributed by atoms with van der Waals surface area (Å²) in [4.78, 5) is 17.2. The molecule has 9 nitrogen and oxygen atoms in total. The number of ether oxygens (including phenoxy) is 2. The first-order valence-electron chi connectivity index (χ1n) is 10.6. The summed E-state index contributed by atoms with van der Waals surface area (Å²) in [7, 11) is 1.45. The Morgan fingerprint density at radius 3 is 2.44 bits per heavy atom. The van der Waals surface area contributed by atoms with E-state index in [1.807, 2.05) is 0 Å². The van der Waals surface area contributed by atoms with Gasteiger partial charge < -0.3 is 29.9 Å². The quantitative estimate of drug-likeness (QED) is 0.526. The number of methoxy groups -OCH3 is 1. The van der Waals surface area contributed by atoms with Crippen LogP contribution in [0.5, 0.6) is 28.7 Å². The number of rotatable bonds is 6. The highest BCUT2D eigenvalue weighted by Gasteiger charge is 2.33. The monoisotopic (exact) mass is 444 g/mol. The summed E-state index contributed by atoms with van der Waals surface area (Å²) in [6.07, 6.45) is -0.660. The van der Waals surface area contributed by atoms with Crippen LogP contribution in [0.4, 0.5) is 0 Å². The first-order chi connectivity index (χ1) is 15.4. The van der Waals surface area contributed by atoms with Crippen LogP contribution in [0.2, 0.25) is 0 Å². The third-order valence-corrected chi connectivity index (χ3v) is 6.10. The van der Waals surface area contributed by atoms with Gasteiger partial charge in [-0.15, -0.1) is 0 Å². The Morgan fingerprint density at radius 1 is 1.06 bits per heavy atom. The molecule has 2 aromatic carbocycles. The second kappa shape index (κ2) is 9.23. The number of piperazine rings is 1. The molecule has 0 unspecified atom stereocenters. The van der Waals surface area contributed by atoms with Crippen LogP contribution in [-0.4, -0.2) is 82.4 Å². The van der Waals surface area contributed by atoms with E-state index in [0.29, 0.717) is 30.0 Å². The lowest BCUT2D eigenvalue weighted by Gasteiger charge is -2.35. The van der Waals surface area contributed by atoms with Gasteiger partial charge in [-0.2, -0.15) is 0 Å². The maximum atomic E-state index is 12.9. The highest BCUT2D eigenvalue weighted by atomic mass is 16.5. The summed E-state index contributed by atoms with van der Waals surface area (Å²) >= 11 is 0. The Hall–Kier alpha value is -3.01. The predicted octanol–water partition coefficient (Wildman–Crippen LogP) is 1.63. The van der Waals surface area contributed by atoms with Crippen molar-refractivity contribution in [2.45, 2.75) is 19.1 Å². The Labute approximate surface area is 186 Å². The number of β-amino-alcohol motifs (C(OH)–C–C–N with tert-alkyl or cyclic N) is 1. The number of fused-ring (bicyclic) bond motifs is 1. The van der Waals surface area contributed by atoms with E-state index in [4.69, 9.17) is 14.6 Å². The molecule has 0 bridgehead atoms. The smallest absolute Gasteiger partial charge is 0.174 e. The molecule has 9 heteroatoms. The van der Waals surface area contributed by atoms with Gasteiger partial charge in [0.25, 0.3) is 0 Å². The number of hydrogen-bond acceptors (Lipinski definition) is 9. The van der Waals surface area contributed by atoms with Crippen LogP contribution in [-0.2, 0) is 6.54 Å². The fourth-order valence-corrected chi connectivity index (χ4v) is 4.29. The summed E-state index contributed by atoms with van der Waals surface area (Å²) in [6, 6.07) is 6.14. The van der Waals surface area contributed by atoms with Crippen LogP contribution in [0.15, 0.2) is 24.3 Å². The highest BCUT2D eigenvalue weighted by molar-refractivity contribution is 6.03. The SMILES string of the molecule is COc1ccc([C@@H]2CC(=O)c3c(cc(O)c(CN4CCN(CCO)CC4)c3O)O2)cc1O. The van der Waals surface area contributed by atoms with Crippen molar-refractivity contribution < 1.29 is 34.7 Å². The molecule has 1 fully saturated rings. The lowest BCUT2D eigenvalue weighted by molar-refractivity contribution is 0.0842. The number of carbonyl (C=O) groups is 1. The number of phenolic OH excluding ortho intramolecular Hbond substituents is 3. The summed E-state index contributed by atoms with van der Waals surface area (Å²) < 4.78 is 11.0. The normalized spacial score (nSPS) is 19.4. The molecular weight excluding hydrogens is 416 g/mol. The average Bonchev–Trinajstić information content (AvgIpc) is 2.77. The Morgan fingerprint density at radius 2 is 1.78 bits per heavy atom. The molecule has 1 saturated heterocycles. The highest BCUT2D eigenvalue weighted by Crippen LogP contribution is 2.45. The topological polar surface area (TPSA) is 123 Å². The van der Waals surface area contributed by atoms with Crippen molar-refractivity contribution in [2.24, 2.45) is 0 Å². The number of carbonyl (C=O) groups excluding carboxylic acids is 1. The molecule has 0 radical (unpaired) electrons. The minimum absolute atomic E-state index is 0.00359. The Kier molecular flexibility index (Phi) is 6.40. The number of nitrogens with zero attached hydrogens (tertiary/aromatic N) is 2. The van der Waals surface area contributed by atoms with E-state index in [0.717, 1.165) is 26.2 Å². The van der Waals surface area contributed by atoms with E-state index in [-0.39, 0.29) is 47.4 Å². The average molecular weight is 444 g/mol. The first-order valence-corrected chi connectivity index (χ1v) is 10.6. The molecule has 1 atom stereocenters. The van der Waals surface area contributed by atoms with E-state index in [9.17, 15) is 20.1 Å². The molecule has 2 aliphatic heterocycles. The lowest BCUT2D eigenvalue weighted by atomic mass is 9.93. The number of aliphatic hydroxyl groups is 1. The zero-order valence-corrected chi connectivity index (χ0v) is 18.0. The fourth-order valence-electron chi connectivity index (χ4n) is 4.29. The van der Waals surface area contributed by atoms with E-state index < -0.39 is 6.10 Å². The summed E-state index contributed by atoms with van der Waals surface area (Å²) in [5.74, 6) is -0.310. The predicted molar refractivity (Wildman–Crippen MR) is 116 cm³/mol. The van der Waals surface area contributed by atoms with Gasteiger partial charge in [-0.1, -0.05) is 6.07 Å². The van der Waals surface area contributed by atoms with Gasteiger partial charge in [0, 0.05) is 45.3 Å². The van der Waals surface area contributed by atoms with Gasteiger partial charge in [-0.05, 0) is 17.7 Å². The standard InChI is InChI=1S/C23H28N2O7/c1-31-19-3-2-14(10-17(19)28)20-12-18(29)22-21(32-20)11-16(27)15(23(22)30)13-25-6-4-24(5-7-25)8-9-26/h2-3,10-11,20,26-28,30H,4-9,12-13H2,1H3/t20-/m0/s1. The summed E-state index contributed by atoms with van der Waals surface area (Å²) in [5, 5.41) is 40.5. The molecule has 0 saturated carbocycles. The maximum absolute atomic E-state index is 12.9. The number of aromatic hydroxyl groups is 3. The number of hydrogen-bond donors (Lipinski definition) is 4. The van der Waals surface area contributed by atoms with Crippen molar-refractivity contribution in [3.05, 3.63) is 41.0 Å². The molecule has 2 aromatic rings. The second-order valence-electron chi connectivity index (χ2n) is 8.10. The Bertz CT molecular complexity index is 1000. The van der Waals surface area contributed by atoms with Gasteiger partial charge >= 0.3 is 0 Å². The van der Waals surface area contributed by atoms with Gasteiger partial charge in [0.2, 0.25) is 0 Å². The molecule has 2 heterocycles. The third-order valence-electron chi connectivity index (χ3n) is 6.10. The molecule has 0 aliphatic carbocycles. The van der Waals surface area contributed by atoms with Gasteiger partial charge in [0.15, 0.2) is 17.3 Å². The number of phenols is 3. The zero-order valence-electron chi connectivity index (χ0n) is 18.0. The first kappa shape index (κ1) is 22.2. The van der Waals surface area contributed by atoms with Crippen LogP contribution in [0.25, 0.3) is 0 Å². The van der Waals surface area contributed by atoms with Crippen molar-refractivity contribution in [1.82, 2.24) is 9.80 Å². The molecule has 0 aromatic heterocycles. The molecular formula is C23H28N2O7. The second-order valence-corrected chi connectivity index (χ2v) is 8.10. The van der Waals surface area contributed by atoms with E-state index in [2.05, 4.69) is 9.80 Å². The zero-order chi connectivity index (χ0) is 22.8. The van der Waals surface area contributed by atoms with Crippen LogP contribution in [0.3, 0.4) is 0 Å². The molecule has 0 spiro atoms. The van der Waals surface area contributed by atoms with Crippen LogP contribution >= 0.6 is 0 Å². The molecule has 32 heavy (non-hydrogen) atoms. The van der Waals surface area contributed by atoms with Gasteiger partial charge in [-0.3, -0.25) is 14.6 Å².